The Morgan fingerprint density at radius 1 is 1.23 bits per heavy atom. The minimum atomic E-state index is 0.309. The van der Waals surface area contributed by atoms with Crippen LogP contribution in [0, 0.1) is 0 Å². The van der Waals surface area contributed by atoms with Crippen molar-refractivity contribution in [1.82, 2.24) is 10.3 Å². The summed E-state index contributed by atoms with van der Waals surface area (Å²) >= 11 is 0. The zero-order chi connectivity index (χ0) is 9.10. The molecule has 0 aliphatic carbocycles. The summed E-state index contributed by atoms with van der Waals surface area (Å²) in [7, 11) is 0. The molecular weight excluding hydrogens is 168 g/mol. The fraction of sp³-hybridized carbons (Fsp3) is 0.333. The Morgan fingerprint density at radius 2 is 2.00 bits per heavy atom. The summed E-state index contributed by atoms with van der Waals surface area (Å²) in [5, 5.41) is 7.70. The molecular formula is C9H10N2O2. The summed E-state index contributed by atoms with van der Waals surface area (Å²) in [5.41, 5.74) is 1.89. The molecule has 2 heterocycles. The highest BCUT2D eigenvalue weighted by atomic mass is 16.5. The summed E-state index contributed by atoms with van der Waals surface area (Å²) in [4.78, 5) is 0. The van der Waals surface area contributed by atoms with Gasteiger partial charge in [-0.2, -0.15) is 0 Å². The molecule has 13 heavy (non-hydrogen) atoms. The summed E-state index contributed by atoms with van der Waals surface area (Å²) in [5.74, 6) is 0.309. The van der Waals surface area contributed by atoms with E-state index < -0.39 is 0 Å². The monoisotopic (exact) mass is 178 g/mol. The van der Waals surface area contributed by atoms with E-state index in [2.05, 4.69) is 17.2 Å². The van der Waals surface area contributed by atoms with Crippen molar-refractivity contribution < 1.29 is 9.05 Å². The standard InChI is InChI=1S/C9H10N2O2/c1-7(9-3-5-13-11-9)6-8-2-4-12-10-8/h2-5,7H,6H2,1H3. The topological polar surface area (TPSA) is 52.1 Å². The molecule has 2 aromatic heterocycles. The third-order valence-electron chi connectivity index (χ3n) is 1.97. The highest BCUT2D eigenvalue weighted by molar-refractivity contribution is 5.08. The van der Waals surface area contributed by atoms with Crippen LogP contribution in [-0.4, -0.2) is 10.3 Å². The van der Waals surface area contributed by atoms with E-state index >= 15 is 0 Å². The number of aromatic nitrogens is 2. The smallest absolute Gasteiger partial charge is 0.124 e. The van der Waals surface area contributed by atoms with E-state index in [1.54, 1.807) is 12.5 Å². The lowest BCUT2D eigenvalue weighted by molar-refractivity contribution is 0.399. The van der Waals surface area contributed by atoms with Gasteiger partial charge in [-0.1, -0.05) is 17.2 Å². The van der Waals surface area contributed by atoms with Gasteiger partial charge in [-0.15, -0.1) is 0 Å². The van der Waals surface area contributed by atoms with Gasteiger partial charge in [0.1, 0.15) is 12.5 Å². The van der Waals surface area contributed by atoms with Crippen LogP contribution in [0.1, 0.15) is 24.2 Å². The number of rotatable bonds is 3. The summed E-state index contributed by atoms with van der Waals surface area (Å²) in [6, 6.07) is 3.72. The zero-order valence-electron chi connectivity index (χ0n) is 7.30. The Balaban J connectivity index is 2.04. The quantitative estimate of drug-likeness (QED) is 0.721. The predicted molar refractivity (Wildman–Crippen MR) is 45.1 cm³/mol. The maximum atomic E-state index is 4.76. The third-order valence-corrected chi connectivity index (χ3v) is 1.97. The molecule has 0 aliphatic rings. The average Bonchev–Trinajstić information content (AvgIpc) is 2.74. The maximum absolute atomic E-state index is 4.76. The molecule has 0 amide bonds. The van der Waals surface area contributed by atoms with Crippen molar-refractivity contribution in [2.24, 2.45) is 0 Å². The molecule has 4 heteroatoms. The summed E-state index contributed by atoms with van der Waals surface area (Å²) in [6.07, 6.45) is 3.97. The fourth-order valence-corrected chi connectivity index (χ4v) is 1.24. The highest BCUT2D eigenvalue weighted by Crippen LogP contribution is 2.17. The molecule has 0 radical (unpaired) electrons. The van der Waals surface area contributed by atoms with Crippen molar-refractivity contribution in [1.29, 1.82) is 0 Å². The van der Waals surface area contributed by atoms with Crippen LogP contribution in [0.15, 0.2) is 33.7 Å². The Morgan fingerprint density at radius 3 is 2.62 bits per heavy atom. The van der Waals surface area contributed by atoms with E-state index in [9.17, 15) is 0 Å². The van der Waals surface area contributed by atoms with Gasteiger partial charge in [0.25, 0.3) is 0 Å². The van der Waals surface area contributed by atoms with Gasteiger partial charge in [-0.25, -0.2) is 0 Å². The molecule has 0 saturated heterocycles. The molecule has 2 rings (SSSR count). The van der Waals surface area contributed by atoms with Gasteiger partial charge in [0.2, 0.25) is 0 Å². The molecule has 0 aromatic carbocycles. The minimum absolute atomic E-state index is 0.309. The lowest BCUT2D eigenvalue weighted by Gasteiger charge is -2.03. The lowest BCUT2D eigenvalue weighted by Crippen LogP contribution is -1.98. The van der Waals surface area contributed by atoms with E-state index in [1.165, 1.54) is 0 Å². The van der Waals surface area contributed by atoms with Crippen LogP contribution >= 0.6 is 0 Å². The minimum Gasteiger partial charge on any atom is -0.365 e. The normalized spacial score (nSPS) is 13.0. The van der Waals surface area contributed by atoms with Gasteiger partial charge in [-0.05, 0) is 0 Å². The summed E-state index contributed by atoms with van der Waals surface area (Å²) in [6.45, 7) is 2.08. The van der Waals surface area contributed by atoms with Crippen LogP contribution in [0.4, 0.5) is 0 Å². The second kappa shape index (κ2) is 3.43. The number of hydrogen-bond donors (Lipinski definition) is 0. The Labute approximate surface area is 75.5 Å². The van der Waals surface area contributed by atoms with Crippen molar-refractivity contribution in [2.45, 2.75) is 19.3 Å². The van der Waals surface area contributed by atoms with Crippen LogP contribution in [-0.2, 0) is 6.42 Å². The predicted octanol–water partition coefficient (Wildman–Crippen LogP) is 2.01. The van der Waals surface area contributed by atoms with E-state index in [-0.39, 0.29) is 0 Å². The largest absolute Gasteiger partial charge is 0.365 e. The van der Waals surface area contributed by atoms with Crippen molar-refractivity contribution in [2.75, 3.05) is 0 Å². The van der Waals surface area contributed by atoms with Crippen LogP contribution in [0.2, 0.25) is 0 Å². The van der Waals surface area contributed by atoms with E-state index in [1.807, 2.05) is 12.1 Å². The Hall–Kier alpha value is -1.58. The maximum Gasteiger partial charge on any atom is 0.124 e. The van der Waals surface area contributed by atoms with Gasteiger partial charge in [0, 0.05) is 24.5 Å². The first kappa shape index (κ1) is 8.04. The van der Waals surface area contributed by atoms with Crippen LogP contribution in [0.5, 0.6) is 0 Å². The SMILES string of the molecule is CC(Cc1ccon1)c1ccon1. The van der Waals surface area contributed by atoms with Crippen LogP contribution in [0.25, 0.3) is 0 Å². The van der Waals surface area contributed by atoms with Gasteiger partial charge in [0.05, 0.1) is 11.4 Å². The zero-order valence-corrected chi connectivity index (χ0v) is 7.30. The summed E-state index contributed by atoms with van der Waals surface area (Å²) < 4.78 is 9.50. The Bertz CT molecular complexity index is 340. The average molecular weight is 178 g/mol. The molecule has 4 nitrogen and oxygen atoms in total. The van der Waals surface area contributed by atoms with E-state index in [4.69, 9.17) is 9.05 Å². The van der Waals surface area contributed by atoms with E-state index in [0.717, 1.165) is 17.8 Å². The van der Waals surface area contributed by atoms with E-state index in [0.29, 0.717) is 5.92 Å². The van der Waals surface area contributed by atoms with Crippen molar-refractivity contribution in [3.63, 3.8) is 0 Å². The third kappa shape index (κ3) is 1.77. The molecule has 0 bridgehead atoms. The van der Waals surface area contributed by atoms with Gasteiger partial charge in [-0.3, -0.25) is 0 Å². The number of nitrogens with zero attached hydrogens (tertiary/aromatic N) is 2. The number of hydrogen-bond acceptors (Lipinski definition) is 4. The second-order valence-electron chi connectivity index (χ2n) is 3.02. The molecule has 1 atom stereocenters. The molecule has 1 unspecified atom stereocenters. The van der Waals surface area contributed by atoms with Crippen LogP contribution in [0.3, 0.4) is 0 Å². The van der Waals surface area contributed by atoms with Crippen molar-refractivity contribution in [3.05, 3.63) is 36.0 Å². The van der Waals surface area contributed by atoms with Gasteiger partial charge < -0.3 is 9.05 Å². The first-order valence-corrected chi connectivity index (χ1v) is 4.16. The molecule has 0 spiro atoms. The first-order valence-electron chi connectivity index (χ1n) is 4.16. The lowest BCUT2D eigenvalue weighted by atomic mass is 10.0. The van der Waals surface area contributed by atoms with Crippen molar-refractivity contribution >= 4 is 0 Å². The molecule has 0 aliphatic heterocycles. The van der Waals surface area contributed by atoms with Gasteiger partial charge in [0.15, 0.2) is 0 Å². The fourth-order valence-electron chi connectivity index (χ4n) is 1.24. The molecule has 2 aromatic rings. The van der Waals surface area contributed by atoms with Gasteiger partial charge >= 0.3 is 0 Å². The molecule has 0 saturated carbocycles. The van der Waals surface area contributed by atoms with Crippen LogP contribution < -0.4 is 0 Å². The molecule has 0 fully saturated rings. The van der Waals surface area contributed by atoms with Crippen molar-refractivity contribution in [3.8, 4) is 0 Å². The Kier molecular flexibility index (Phi) is 2.12. The first-order chi connectivity index (χ1) is 6.36. The molecule has 68 valence electrons. The molecule has 0 N–H and O–H groups in total. The highest BCUT2D eigenvalue weighted by Gasteiger charge is 2.10. The second-order valence-corrected chi connectivity index (χ2v) is 3.02.